The lowest BCUT2D eigenvalue weighted by atomic mass is 10.3. The highest BCUT2D eigenvalue weighted by molar-refractivity contribution is 5.60. The first-order chi connectivity index (χ1) is 9.47. The van der Waals surface area contributed by atoms with Gasteiger partial charge >= 0.3 is 5.69 Å². The number of aromatic nitrogens is 2. The molecule has 0 aliphatic carbocycles. The van der Waals surface area contributed by atoms with E-state index in [4.69, 9.17) is 10.5 Å². The number of unbranched alkanes of at least 4 members (excludes halogenated alkanes) is 1. The van der Waals surface area contributed by atoms with E-state index in [9.17, 15) is 9.59 Å². The van der Waals surface area contributed by atoms with Gasteiger partial charge in [0.2, 0.25) is 0 Å². The van der Waals surface area contributed by atoms with Gasteiger partial charge in [0.1, 0.15) is 11.5 Å². The SMILES string of the molecule is CCCCn1c(N)c(NCCOC(C)C)c(=O)[nH]c1=O. The standard InChI is InChI=1S/C13H24N4O3/c1-4-5-7-17-11(14)10(12(18)16-13(17)19)15-6-8-20-9(2)3/h9,15H,4-8,14H2,1-3H3,(H,16,18,19). The van der Waals surface area contributed by atoms with Crippen LogP contribution in [0.1, 0.15) is 33.6 Å². The number of nitrogen functional groups attached to an aromatic ring is 1. The van der Waals surface area contributed by atoms with Crippen LogP contribution in [0.2, 0.25) is 0 Å². The molecule has 7 nitrogen and oxygen atoms in total. The van der Waals surface area contributed by atoms with E-state index < -0.39 is 11.2 Å². The summed E-state index contributed by atoms with van der Waals surface area (Å²) in [5, 5.41) is 2.93. The van der Waals surface area contributed by atoms with E-state index >= 15 is 0 Å². The molecule has 1 rings (SSSR count). The molecule has 1 aromatic rings. The number of rotatable bonds is 8. The van der Waals surface area contributed by atoms with Gasteiger partial charge in [-0.25, -0.2) is 4.79 Å². The predicted octanol–water partition coefficient (Wildman–Crippen LogP) is 0.756. The van der Waals surface area contributed by atoms with Gasteiger partial charge in [0.15, 0.2) is 0 Å². The molecule has 114 valence electrons. The summed E-state index contributed by atoms with van der Waals surface area (Å²) in [6.45, 7) is 7.31. The minimum absolute atomic E-state index is 0.130. The van der Waals surface area contributed by atoms with Gasteiger partial charge in [0, 0.05) is 13.1 Å². The number of nitrogens with two attached hydrogens (primary N) is 1. The number of anilines is 2. The maximum Gasteiger partial charge on any atom is 0.330 e. The van der Waals surface area contributed by atoms with Crippen LogP contribution in [-0.4, -0.2) is 28.8 Å². The number of hydrogen-bond donors (Lipinski definition) is 3. The van der Waals surface area contributed by atoms with E-state index in [1.54, 1.807) is 0 Å². The Morgan fingerprint density at radius 1 is 1.40 bits per heavy atom. The molecule has 0 aliphatic heterocycles. The quantitative estimate of drug-likeness (QED) is 0.612. The number of nitrogens with zero attached hydrogens (tertiary/aromatic N) is 1. The number of H-pyrrole nitrogens is 1. The summed E-state index contributed by atoms with van der Waals surface area (Å²) < 4.78 is 6.76. The van der Waals surface area contributed by atoms with E-state index in [0.717, 1.165) is 12.8 Å². The van der Waals surface area contributed by atoms with Crippen LogP contribution in [0, 0.1) is 0 Å². The Bertz CT molecular complexity index is 533. The van der Waals surface area contributed by atoms with Crippen LogP contribution < -0.4 is 22.3 Å². The molecule has 0 fully saturated rings. The van der Waals surface area contributed by atoms with Gasteiger partial charge in [-0.15, -0.1) is 0 Å². The lowest BCUT2D eigenvalue weighted by Crippen LogP contribution is -2.34. The highest BCUT2D eigenvalue weighted by atomic mass is 16.5. The molecular weight excluding hydrogens is 260 g/mol. The average Bonchev–Trinajstić information content (AvgIpc) is 2.37. The van der Waals surface area contributed by atoms with Gasteiger partial charge in [0.25, 0.3) is 5.56 Å². The Morgan fingerprint density at radius 3 is 2.70 bits per heavy atom. The zero-order valence-electron chi connectivity index (χ0n) is 12.4. The molecule has 0 atom stereocenters. The molecular formula is C13H24N4O3. The lowest BCUT2D eigenvalue weighted by Gasteiger charge is -2.14. The van der Waals surface area contributed by atoms with Crippen LogP contribution >= 0.6 is 0 Å². The van der Waals surface area contributed by atoms with Gasteiger partial charge < -0.3 is 15.8 Å². The summed E-state index contributed by atoms with van der Waals surface area (Å²) in [7, 11) is 0. The number of hydrogen-bond acceptors (Lipinski definition) is 5. The zero-order chi connectivity index (χ0) is 15.1. The largest absolute Gasteiger partial charge is 0.383 e. The third-order valence-electron chi connectivity index (χ3n) is 2.83. The van der Waals surface area contributed by atoms with Crippen molar-refractivity contribution in [1.82, 2.24) is 9.55 Å². The second-order valence-corrected chi connectivity index (χ2v) is 4.87. The highest BCUT2D eigenvalue weighted by Crippen LogP contribution is 2.10. The van der Waals surface area contributed by atoms with Crippen LogP contribution in [0.25, 0.3) is 0 Å². The minimum Gasteiger partial charge on any atom is -0.383 e. The van der Waals surface area contributed by atoms with E-state index in [0.29, 0.717) is 19.7 Å². The first-order valence-corrected chi connectivity index (χ1v) is 6.95. The first kappa shape index (κ1) is 16.3. The Balaban J connectivity index is 2.84. The first-order valence-electron chi connectivity index (χ1n) is 6.95. The summed E-state index contributed by atoms with van der Waals surface area (Å²) in [6, 6.07) is 0. The second-order valence-electron chi connectivity index (χ2n) is 4.87. The minimum atomic E-state index is -0.496. The third kappa shape index (κ3) is 4.41. The third-order valence-corrected chi connectivity index (χ3v) is 2.83. The maximum absolute atomic E-state index is 11.8. The summed E-state index contributed by atoms with van der Waals surface area (Å²) in [4.78, 5) is 25.8. The van der Waals surface area contributed by atoms with Crippen molar-refractivity contribution in [3.8, 4) is 0 Å². The average molecular weight is 284 g/mol. The molecule has 0 saturated heterocycles. The summed E-state index contributed by atoms with van der Waals surface area (Å²) in [6.07, 6.45) is 1.90. The van der Waals surface area contributed by atoms with Crippen molar-refractivity contribution in [1.29, 1.82) is 0 Å². The summed E-state index contributed by atoms with van der Waals surface area (Å²) in [5.41, 5.74) is 5.17. The highest BCUT2D eigenvalue weighted by Gasteiger charge is 2.11. The van der Waals surface area contributed by atoms with Gasteiger partial charge in [-0.05, 0) is 20.3 Å². The van der Waals surface area contributed by atoms with E-state index in [1.165, 1.54) is 4.57 Å². The molecule has 1 heterocycles. The molecule has 0 aromatic carbocycles. The van der Waals surface area contributed by atoms with E-state index in [-0.39, 0.29) is 17.6 Å². The molecule has 7 heteroatoms. The van der Waals surface area contributed by atoms with Crippen molar-refractivity contribution in [2.75, 3.05) is 24.2 Å². The fraction of sp³-hybridized carbons (Fsp3) is 0.692. The predicted molar refractivity (Wildman–Crippen MR) is 80.2 cm³/mol. The van der Waals surface area contributed by atoms with Gasteiger partial charge in [-0.1, -0.05) is 13.3 Å². The van der Waals surface area contributed by atoms with Crippen molar-refractivity contribution in [2.24, 2.45) is 0 Å². The summed E-state index contributed by atoms with van der Waals surface area (Å²) >= 11 is 0. The van der Waals surface area contributed by atoms with Crippen molar-refractivity contribution >= 4 is 11.5 Å². The molecule has 0 unspecified atom stereocenters. The molecule has 0 saturated carbocycles. The van der Waals surface area contributed by atoms with Gasteiger partial charge in [-0.2, -0.15) is 0 Å². The Morgan fingerprint density at radius 2 is 2.10 bits per heavy atom. The molecule has 0 bridgehead atoms. The van der Waals surface area contributed by atoms with E-state index in [2.05, 4.69) is 10.3 Å². The van der Waals surface area contributed by atoms with Crippen molar-refractivity contribution in [2.45, 2.75) is 46.3 Å². The molecule has 0 aliphatic rings. The summed E-state index contributed by atoms with van der Waals surface area (Å²) in [5.74, 6) is 0.178. The maximum atomic E-state index is 11.8. The fourth-order valence-corrected chi connectivity index (χ4v) is 1.77. The number of ether oxygens (including phenoxy) is 1. The normalized spacial score (nSPS) is 11.0. The molecule has 20 heavy (non-hydrogen) atoms. The topological polar surface area (TPSA) is 102 Å². The number of nitrogens with one attached hydrogen (secondary N) is 2. The van der Waals surface area contributed by atoms with Crippen molar-refractivity contribution in [3.05, 3.63) is 20.8 Å². The molecule has 0 spiro atoms. The zero-order valence-corrected chi connectivity index (χ0v) is 12.4. The number of aromatic amines is 1. The molecule has 4 N–H and O–H groups in total. The molecule has 0 amide bonds. The second kappa shape index (κ2) is 7.74. The lowest BCUT2D eigenvalue weighted by molar-refractivity contribution is 0.0870. The Kier molecular flexibility index (Phi) is 6.30. The van der Waals surface area contributed by atoms with Crippen molar-refractivity contribution < 1.29 is 4.74 Å². The van der Waals surface area contributed by atoms with Crippen LogP contribution in [0.5, 0.6) is 0 Å². The fourth-order valence-electron chi connectivity index (χ4n) is 1.77. The van der Waals surface area contributed by atoms with Crippen LogP contribution in [0.15, 0.2) is 9.59 Å². The Hall–Kier alpha value is -1.76. The van der Waals surface area contributed by atoms with Crippen LogP contribution in [0.4, 0.5) is 11.5 Å². The molecule has 0 radical (unpaired) electrons. The van der Waals surface area contributed by atoms with Crippen LogP contribution in [-0.2, 0) is 11.3 Å². The van der Waals surface area contributed by atoms with E-state index in [1.807, 2.05) is 20.8 Å². The van der Waals surface area contributed by atoms with Crippen molar-refractivity contribution in [3.63, 3.8) is 0 Å². The van der Waals surface area contributed by atoms with Gasteiger partial charge in [-0.3, -0.25) is 14.3 Å². The van der Waals surface area contributed by atoms with Crippen LogP contribution in [0.3, 0.4) is 0 Å². The molecule has 1 aromatic heterocycles. The van der Waals surface area contributed by atoms with Gasteiger partial charge in [0.05, 0.1) is 12.7 Å². The monoisotopic (exact) mass is 284 g/mol. The smallest absolute Gasteiger partial charge is 0.330 e. The Labute approximate surface area is 118 Å².